The Kier molecular flexibility index (Phi) is 8.45. The van der Waals surface area contributed by atoms with Crippen LogP contribution in [0.2, 0.25) is 0 Å². The van der Waals surface area contributed by atoms with Crippen LogP contribution in [0.15, 0.2) is 27.3 Å². The Balaban J connectivity index is 1.98. The zero-order valence-corrected chi connectivity index (χ0v) is 29.0. The summed E-state index contributed by atoms with van der Waals surface area (Å²) in [6.07, 6.45) is 1.51. The number of nitrogens with one attached hydrogen (secondary N) is 2. The predicted molar refractivity (Wildman–Crippen MR) is 189 cm³/mol. The Bertz CT molecular complexity index is 2660. The third kappa shape index (κ3) is 5.37. The van der Waals surface area contributed by atoms with Crippen molar-refractivity contribution in [3.8, 4) is 23.0 Å². The molecular formula is C33H32N2O13S2. The number of aromatic hydroxyl groups is 1. The quantitative estimate of drug-likeness (QED) is 0.0534. The normalized spacial score (nSPS) is 14.8. The van der Waals surface area contributed by atoms with E-state index in [1.807, 2.05) is 0 Å². The van der Waals surface area contributed by atoms with Crippen LogP contribution in [0.4, 0.5) is 11.4 Å². The molecule has 0 aromatic heterocycles. The number of benzene rings is 5. The summed E-state index contributed by atoms with van der Waals surface area (Å²) in [5.41, 5.74) is -0.680. The molecule has 0 heterocycles. The molecule has 0 bridgehead atoms. The topological polar surface area (TPSA) is 232 Å². The molecule has 0 fully saturated rings. The highest BCUT2D eigenvalue weighted by molar-refractivity contribution is 7.86. The van der Waals surface area contributed by atoms with Gasteiger partial charge in [0.25, 0.3) is 20.2 Å². The predicted octanol–water partition coefficient (Wildman–Crippen LogP) is 3.66. The van der Waals surface area contributed by atoms with E-state index in [9.17, 15) is 45.4 Å². The minimum absolute atomic E-state index is 0.0550. The number of Topliss-reactive ketones (excluding diaryl/α,β-unsaturated/α-hetero) is 1. The molecule has 0 radical (unpaired) electrons. The van der Waals surface area contributed by atoms with Crippen molar-refractivity contribution in [1.29, 1.82) is 0 Å². The molecule has 5 aromatic carbocycles. The second-order valence-corrected chi connectivity index (χ2v) is 15.0. The van der Waals surface area contributed by atoms with E-state index in [0.717, 1.165) is 0 Å². The molecule has 0 spiro atoms. The van der Waals surface area contributed by atoms with Gasteiger partial charge in [0.05, 0.1) is 55.1 Å². The Morgan fingerprint density at radius 1 is 0.800 bits per heavy atom. The minimum atomic E-state index is -4.60. The Morgan fingerprint density at radius 2 is 1.42 bits per heavy atom. The maximum absolute atomic E-state index is 14.5. The molecule has 0 amide bonds. The number of anilines is 2. The molecular weight excluding hydrogens is 696 g/mol. The van der Waals surface area contributed by atoms with Gasteiger partial charge in [-0.3, -0.25) is 23.5 Å². The highest BCUT2D eigenvalue weighted by Gasteiger charge is 2.37. The Morgan fingerprint density at radius 3 is 1.98 bits per heavy atom. The van der Waals surface area contributed by atoms with Crippen LogP contribution >= 0.6 is 0 Å². The number of ketones is 1. The monoisotopic (exact) mass is 728 g/mol. The summed E-state index contributed by atoms with van der Waals surface area (Å²) in [6.45, 7) is 2.88. The zero-order chi connectivity index (χ0) is 36.6. The van der Waals surface area contributed by atoms with Crippen molar-refractivity contribution in [2.45, 2.75) is 26.2 Å². The van der Waals surface area contributed by atoms with Crippen molar-refractivity contribution < 1.29 is 50.1 Å². The van der Waals surface area contributed by atoms with E-state index in [4.69, 9.17) is 14.2 Å². The average Bonchev–Trinajstić information content (AvgIpc) is 3.16. The number of hydrogen-bond acceptors (Lipinski definition) is 13. The summed E-state index contributed by atoms with van der Waals surface area (Å²) in [7, 11) is -5.00. The number of carbonyl (C=O) groups excluding carboxylic acids is 1. The van der Waals surface area contributed by atoms with Gasteiger partial charge in [-0.25, -0.2) is 0 Å². The van der Waals surface area contributed by atoms with Crippen LogP contribution in [0, 0.1) is 0 Å². The first-order valence-corrected chi connectivity index (χ1v) is 18.3. The highest BCUT2D eigenvalue weighted by Crippen LogP contribution is 2.55. The number of phenols is 1. The summed E-state index contributed by atoms with van der Waals surface area (Å²) >= 11 is 0. The molecule has 1 unspecified atom stereocenters. The van der Waals surface area contributed by atoms with Crippen molar-refractivity contribution >= 4 is 86.6 Å². The number of phenolic OH excluding ortho intramolecular Hbond substituents is 1. The van der Waals surface area contributed by atoms with Crippen molar-refractivity contribution in [2.24, 2.45) is 0 Å². The minimum Gasteiger partial charge on any atom is -0.507 e. The molecule has 15 nitrogen and oxygen atoms in total. The van der Waals surface area contributed by atoms with Gasteiger partial charge in [0, 0.05) is 56.7 Å². The first-order valence-electron chi connectivity index (χ1n) is 15.1. The number of ether oxygens (including phenoxy) is 3. The lowest BCUT2D eigenvalue weighted by Crippen LogP contribution is -2.20. The zero-order valence-electron chi connectivity index (χ0n) is 27.4. The molecule has 264 valence electrons. The largest absolute Gasteiger partial charge is 0.507 e. The summed E-state index contributed by atoms with van der Waals surface area (Å²) < 4.78 is 82.6. The molecule has 0 saturated carbocycles. The first kappa shape index (κ1) is 34.9. The van der Waals surface area contributed by atoms with Crippen LogP contribution in [0.1, 0.15) is 37.3 Å². The third-order valence-electron chi connectivity index (χ3n) is 8.99. The number of hydrogen-bond donors (Lipinski definition) is 5. The van der Waals surface area contributed by atoms with E-state index < -0.39 is 54.4 Å². The maximum Gasteiger partial charge on any atom is 0.283 e. The first-order chi connectivity index (χ1) is 23.4. The molecule has 17 heteroatoms. The van der Waals surface area contributed by atoms with Gasteiger partial charge >= 0.3 is 0 Å². The fourth-order valence-electron chi connectivity index (χ4n) is 7.23. The van der Waals surface area contributed by atoms with Gasteiger partial charge in [0.15, 0.2) is 5.75 Å². The van der Waals surface area contributed by atoms with Crippen LogP contribution in [-0.2, 0) is 25.0 Å². The molecule has 1 aliphatic rings. The van der Waals surface area contributed by atoms with E-state index >= 15 is 0 Å². The van der Waals surface area contributed by atoms with Crippen LogP contribution < -0.4 is 35.7 Å². The SMILES string of the molecule is COc1c2c3c4c(c(NCCCS(=O)(=O)O)c(=O)c5c(O)cc(OC)c(c6c(OC)cc(NCS(=O)(=O)O)c(c1=O)c63)c54)C=C(C)C2C(C)=O. The van der Waals surface area contributed by atoms with Gasteiger partial charge < -0.3 is 30.0 Å². The highest BCUT2D eigenvalue weighted by atomic mass is 32.2. The van der Waals surface area contributed by atoms with Crippen molar-refractivity contribution in [1.82, 2.24) is 0 Å². The fourth-order valence-corrected chi connectivity index (χ4v) is 8.08. The van der Waals surface area contributed by atoms with E-state index in [2.05, 4.69) is 10.6 Å². The van der Waals surface area contributed by atoms with Crippen LogP contribution in [0.3, 0.4) is 0 Å². The molecule has 50 heavy (non-hydrogen) atoms. The summed E-state index contributed by atoms with van der Waals surface area (Å²) in [6, 6.07) is 2.58. The second-order valence-electron chi connectivity index (χ2n) is 12.0. The van der Waals surface area contributed by atoms with Gasteiger partial charge in [-0.05, 0) is 25.7 Å². The van der Waals surface area contributed by atoms with E-state index in [-0.39, 0.29) is 96.2 Å². The van der Waals surface area contributed by atoms with Gasteiger partial charge in [-0.2, -0.15) is 16.8 Å². The number of rotatable bonds is 12. The Hall–Kier alpha value is -4.97. The molecule has 5 N–H and O–H groups in total. The molecule has 1 atom stereocenters. The number of allylic oxidation sites excluding steroid dienone is 1. The van der Waals surface area contributed by atoms with E-state index in [1.54, 1.807) is 13.0 Å². The van der Waals surface area contributed by atoms with Gasteiger partial charge in [-0.1, -0.05) is 11.6 Å². The van der Waals surface area contributed by atoms with Gasteiger partial charge in [0.2, 0.25) is 10.9 Å². The molecule has 1 aliphatic carbocycles. The molecule has 5 aromatic rings. The smallest absolute Gasteiger partial charge is 0.283 e. The van der Waals surface area contributed by atoms with Crippen LogP contribution in [0.5, 0.6) is 23.0 Å². The lowest BCUT2D eigenvalue weighted by molar-refractivity contribution is -0.117. The van der Waals surface area contributed by atoms with E-state index in [0.29, 0.717) is 11.0 Å². The summed E-state index contributed by atoms with van der Waals surface area (Å²) in [5, 5.41) is 18.2. The fraction of sp³-hybridized carbons (Fsp3) is 0.303. The second kappa shape index (κ2) is 12.1. The molecule has 0 aliphatic heterocycles. The van der Waals surface area contributed by atoms with Crippen molar-refractivity contribution in [2.75, 3.05) is 50.1 Å². The Labute approximate surface area is 284 Å². The number of fused-ring (bicyclic) bond motifs is 1. The maximum atomic E-state index is 14.5. The lowest BCUT2D eigenvalue weighted by atomic mass is 9.80. The molecule has 0 saturated heterocycles. The van der Waals surface area contributed by atoms with Crippen molar-refractivity contribution in [3.63, 3.8) is 0 Å². The lowest BCUT2D eigenvalue weighted by Gasteiger charge is -2.25. The summed E-state index contributed by atoms with van der Waals surface area (Å²) in [4.78, 5) is 42.5. The number of methoxy groups -OCH3 is 3. The third-order valence-corrected chi connectivity index (χ3v) is 10.3. The van der Waals surface area contributed by atoms with E-state index in [1.165, 1.54) is 40.4 Å². The molecule has 6 rings (SSSR count). The van der Waals surface area contributed by atoms with Crippen molar-refractivity contribution in [3.05, 3.63) is 49.3 Å². The summed E-state index contributed by atoms with van der Waals surface area (Å²) in [5.74, 6) is -3.56. The van der Waals surface area contributed by atoms with Crippen LogP contribution in [-0.4, -0.2) is 76.3 Å². The van der Waals surface area contributed by atoms with Gasteiger partial charge in [0.1, 0.15) is 28.9 Å². The standard InChI is InChI=1S/C33H32N2O13S2/c1-13-9-15-21-26-23(31(38)30(15)34-7-6-8-49(40,41)42)17(37)11-19(47-4)25(26)24-18(46-3)10-16(35-12-50(43,44)45)22-28(24)27(21)29(20(13)14(2)36)33(48-5)32(22)39/h9-11,20,34-35,37H,6-8,12H2,1-5H3,(H,40,41,42)(H,43,44,45). The van der Waals surface area contributed by atoms with Gasteiger partial charge in [-0.15, -0.1) is 0 Å². The average molecular weight is 729 g/mol. The number of carbonyl (C=O) groups is 1. The van der Waals surface area contributed by atoms with Crippen LogP contribution in [0.25, 0.3) is 49.2 Å².